The van der Waals surface area contributed by atoms with Crippen molar-refractivity contribution in [1.29, 1.82) is 0 Å². The zero-order valence-electron chi connectivity index (χ0n) is 22.3. The summed E-state index contributed by atoms with van der Waals surface area (Å²) in [6.07, 6.45) is 0. The van der Waals surface area contributed by atoms with Crippen molar-refractivity contribution in [3.8, 4) is 44.9 Å². The molecular weight excluding hydrogens is 496 g/mol. The molecule has 9 rings (SSSR count). The highest BCUT2D eigenvalue weighted by Crippen LogP contribution is 2.50. The van der Waals surface area contributed by atoms with Gasteiger partial charge in [0.25, 0.3) is 0 Å². The molecule has 0 saturated carbocycles. The van der Waals surface area contributed by atoms with E-state index in [9.17, 15) is 0 Å². The second-order valence-electron chi connectivity index (χ2n) is 10.8. The van der Waals surface area contributed by atoms with Gasteiger partial charge in [0, 0.05) is 10.9 Å². The summed E-state index contributed by atoms with van der Waals surface area (Å²) in [4.78, 5) is 0. The van der Waals surface area contributed by atoms with Crippen LogP contribution in [0.3, 0.4) is 0 Å². The third kappa shape index (κ3) is 3.24. The third-order valence-corrected chi connectivity index (χ3v) is 8.62. The van der Waals surface area contributed by atoms with Crippen molar-refractivity contribution < 1.29 is 4.74 Å². The van der Waals surface area contributed by atoms with Crippen molar-refractivity contribution in [3.63, 3.8) is 0 Å². The molecule has 1 nitrogen and oxygen atoms in total. The molecule has 0 amide bonds. The van der Waals surface area contributed by atoms with E-state index in [1.165, 1.54) is 70.9 Å². The zero-order chi connectivity index (χ0) is 26.9. The molecule has 0 saturated heterocycles. The van der Waals surface area contributed by atoms with Crippen molar-refractivity contribution >= 4 is 43.1 Å². The molecule has 0 fully saturated rings. The molecule has 0 radical (unpaired) electrons. The van der Waals surface area contributed by atoms with E-state index in [1.54, 1.807) is 0 Å². The minimum atomic E-state index is 0.902. The van der Waals surface area contributed by atoms with Gasteiger partial charge >= 0.3 is 0 Å². The highest BCUT2D eigenvalue weighted by Gasteiger charge is 2.23. The fourth-order valence-electron chi connectivity index (χ4n) is 6.88. The van der Waals surface area contributed by atoms with E-state index in [0.29, 0.717) is 0 Å². The fourth-order valence-corrected chi connectivity index (χ4v) is 6.88. The van der Waals surface area contributed by atoms with E-state index < -0.39 is 0 Å². The highest BCUT2D eigenvalue weighted by molar-refractivity contribution is 6.28. The van der Waals surface area contributed by atoms with E-state index in [-0.39, 0.29) is 0 Å². The molecule has 41 heavy (non-hydrogen) atoms. The predicted octanol–water partition coefficient (Wildman–Crippen LogP) is 11.4. The fraction of sp³-hybridized carbons (Fsp3) is 0. The van der Waals surface area contributed by atoms with Gasteiger partial charge in [-0.2, -0.15) is 0 Å². The minimum absolute atomic E-state index is 0.902. The number of ether oxygens (including phenoxy) is 1. The van der Waals surface area contributed by atoms with Crippen molar-refractivity contribution in [2.45, 2.75) is 0 Å². The molecule has 8 aromatic rings. The second kappa shape index (κ2) is 8.55. The van der Waals surface area contributed by atoms with Crippen LogP contribution >= 0.6 is 0 Å². The van der Waals surface area contributed by atoms with Crippen LogP contribution in [0.15, 0.2) is 146 Å². The van der Waals surface area contributed by atoms with Gasteiger partial charge in [-0.25, -0.2) is 0 Å². The van der Waals surface area contributed by atoms with Crippen molar-refractivity contribution in [3.05, 3.63) is 146 Å². The number of hydrogen-bond donors (Lipinski definition) is 0. The Labute approximate surface area is 237 Å². The Morgan fingerprint density at radius 2 is 1.05 bits per heavy atom. The Balaban J connectivity index is 1.44. The summed E-state index contributed by atoms with van der Waals surface area (Å²) in [5, 5.41) is 9.97. The first kappa shape index (κ1) is 22.4. The van der Waals surface area contributed by atoms with E-state index in [1.807, 2.05) is 0 Å². The molecule has 190 valence electrons. The summed E-state index contributed by atoms with van der Waals surface area (Å²) in [7, 11) is 0. The van der Waals surface area contributed by atoms with Crippen LogP contribution < -0.4 is 4.74 Å². The molecule has 0 aliphatic carbocycles. The lowest BCUT2D eigenvalue weighted by molar-refractivity contribution is 0.487. The van der Waals surface area contributed by atoms with Gasteiger partial charge in [0.1, 0.15) is 11.5 Å². The van der Waals surface area contributed by atoms with Crippen LogP contribution in [0.2, 0.25) is 0 Å². The smallest absolute Gasteiger partial charge is 0.135 e. The molecule has 0 atom stereocenters. The highest BCUT2D eigenvalue weighted by atomic mass is 16.5. The zero-order valence-corrected chi connectivity index (χ0v) is 22.3. The largest absolute Gasteiger partial charge is 0.456 e. The first-order chi connectivity index (χ1) is 20.3. The average Bonchev–Trinajstić information content (AvgIpc) is 3.04. The van der Waals surface area contributed by atoms with Gasteiger partial charge in [0.2, 0.25) is 0 Å². The van der Waals surface area contributed by atoms with E-state index in [2.05, 4.69) is 146 Å². The normalized spacial score (nSPS) is 12.1. The maximum absolute atomic E-state index is 6.46. The summed E-state index contributed by atoms with van der Waals surface area (Å²) in [6, 6.07) is 52.6. The van der Waals surface area contributed by atoms with Crippen LogP contribution in [0.1, 0.15) is 0 Å². The SMILES string of the molecule is c1ccc(-c2c3ccccc3c(-c3ccc4c(c3)-c3cccc5cccc(c35)O4)c3c2ccc2ccccc23)cc1. The van der Waals surface area contributed by atoms with Gasteiger partial charge in [-0.15, -0.1) is 0 Å². The minimum Gasteiger partial charge on any atom is -0.456 e. The lowest BCUT2D eigenvalue weighted by atomic mass is 9.83. The maximum atomic E-state index is 6.46. The Morgan fingerprint density at radius 3 is 1.90 bits per heavy atom. The van der Waals surface area contributed by atoms with E-state index >= 15 is 0 Å². The maximum Gasteiger partial charge on any atom is 0.135 e. The molecular formula is C40H24O. The molecule has 0 spiro atoms. The Morgan fingerprint density at radius 1 is 0.341 bits per heavy atom. The molecule has 8 aromatic carbocycles. The van der Waals surface area contributed by atoms with Crippen molar-refractivity contribution in [2.24, 2.45) is 0 Å². The number of fused-ring (bicyclic) bond motifs is 6. The Bertz CT molecular complexity index is 2320. The lowest BCUT2D eigenvalue weighted by Gasteiger charge is -2.23. The van der Waals surface area contributed by atoms with Crippen LogP contribution in [0.4, 0.5) is 0 Å². The van der Waals surface area contributed by atoms with Gasteiger partial charge in [-0.1, -0.05) is 127 Å². The number of benzene rings is 8. The molecule has 1 aliphatic heterocycles. The summed E-state index contributed by atoms with van der Waals surface area (Å²) < 4.78 is 6.46. The van der Waals surface area contributed by atoms with Gasteiger partial charge < -0.3 is 4.74 Å². The van der Waals surface area contributed by atoms with Crippen molar-refractivity contribution in [1.82, 2.24) is 0 Å². The molecule has 1 heterocycles. The van der Waals surface area contributed by atoms with Crippen LogP contribution in [0.5, 0.6) is 11.5 Å². The molecule has 1 heteroatoms. The molecule has 0 bridgehead atoms. The summed E-state index contributed by atoms with van der Waals surface area (Å²) in [6.45, 7) is 0. The molecule has 0 unspecified atom stereocenters. The Hall–Kier alpha value is -5.40. The topological polar surface area (TPSA) is 9.23 Å². The second-order valence-corrected chi connectivity index (χ2v) is 10.8. The standard InChI is InChI=1S/C40H24O/c1-2-11-26(12-3-1)37-30-16-6-7-17-31(30)39(40-29-15-5-4-10-25(29)20-22-33(37)40)28-21-23-35-34(24-28)32-18-8-13-27-14-9-19-36(41-35)38(27)32/h1-24H. The number of hydrogen-bond acceptors (Lipinski definition) is 1. The van der Waals surface area contributed by atoms with Crippen LogP contribution in [0.25, 0.3) is 76.5 Å². The quantitative estimate of drug-likeness (QED) is 0.163. The van der Waals surface area contributed by atoms with Crippen LogP contribution in [0, 0.1) is 0 Å². The molecule has 0 aromatic heterocycles. The Kier molecular flexibility index (Phi) is 4.67. The van der Waals surface area contributed by atoms with Gasteiger partial charge in [-0.3, -0.25) is 0 Å². The monoisotopic (exact) mass is 520 g/mol. The van der Waals surface area contributed by atoms with E-state index in [0.717, 1.165) is 17.1 Å². The predicted molar refractivity (Wildman–Crippen MR) is 173 cm³/mol. The lowest BCUT2D eigenvalue weighted by Crippen LogP contribution is -1.98. The van der Waals surface area contributed by atoms with Crippen LogP contribution in [-0.2, 0) is 0 Å². The first-order valence-electron chi connectivity index (χ1n) is 14.1. The van der Waals surface area contributed by atoms with Gasteiger partial charge in [0.15, 0.2) is 0 Å². The summed E-state index contributed by atoms with van der Waals surface area (Å²) in [5.74, 6) is 1.83. The summed E-state index contributed by atoms with van der Waals surface area (Å²) >= 11 is 0. The summed E-state index contributed by atoms with van der Waals surface area (Å²) in [5.41, 5.74) is 7.34. The van der Waals surface area contributed by atoms with Crippen molar-refractivity contribution in [2.75, 3.05) is 0 Å². The van der Waals surface area contributed by atoms with Gasteiger partial charge in [0.05, 0.1) is 0 Å². The third-order valence-electron chi connectivity index (χ3n) is 8.62. The van der Waals surface area contributed by atoms with Crippen LogP contribution in [-0.4, -0.2) is 0 Å². The average molecular weight is 521 g/mol. The number of rotatable bonds is 2. The van der Waals surface area contributed by atoms with Gasteiger partial charge in [-0.05, 0) is 83.7 Å². The van der Waals surface area contributed by atoms with E-state index in [4.69, 9.17) is 4.74 Å². The molecule has 1 aliphatic rings. The molecule has 0 N–H and O–H groups in total. The first-order valence-corrected chi connectivity index (χ1v) is 14.1.